The molecule has 138 valence electrons. The Kier molecular flexibility index (Phi) is 5.07. The first-order chi connectivity index (χ1) is 12.8. The maximum atomic E-state index is 13.0. The summed E-state index contributed by atoms with van der Waals surface area (Å²) in [7, 11) is 0. The molecule has 1 heterocycles. The molecule has 1 amide bonds. The number of carbonyl (C=O) groups excluding carboxylic acids is 1. The zero-order valence-corrected chi connectivity index (χ0v) is 14.2. The van der Waals surface area contributed by atoms with E-state index in [9.17, 15) is 18.0 Å². The van der Waals surface area contributed by atoms with Gasteiger partial charge < -0.3 is 10.6 Å². The summed E-state index contributed by atoms with van der Waals surface area (Å²) in [4.78, 5) is 20.2. The van der Waals surface area contributed by atoms with Gasteiger partial charge in [0.1, 0.15) is 11.5 Å². The van der Waals surface area contributed by atoms with Gasteiger partial charge in [0.15, 0.2) is 0 Å². The first kappa shape index (κ1) is 18.4. The minimum Gasteiger partial charge on any atom is -0.338 e. The van der Waals surface area contributed by atoms with Crippen LogP contribution in [-0.4, -0.2) is 15.9 Å². The molecule has 2 N–H and O–H groups in total. The van der Waals surface area contributed by atoms with Crippen molar-refractivity contribution in [3.63, 3.8) is 0 Å². The average Bonchev–Trinajstić information content (AvgIpc) is 2.64. The average molecular weight is 372 g/mol. The number of para-hydroxylation sites is 2. The Morgan fingerprint density at radius 2 is 1.59 bits per heavy atom. The Labute approximate surface area is 153 Å². The van der Waals surface area contributed by atoms with E-state index in [-0.39, 0.29) is 17.2 Å². The zero-order valence-electron chi connectivity index (χ0n) is 14.2. The summed E-state index contributed by atoms with van der Waals surface area (Å²) in [5.41, 5.74) is 0.629. The fourth-order valence-corrected chi connectivity index (χ4v) is 2.39. The van der Waals surface area contributed by atoms with Gasteiger partial charge in [-0.3, -0.25) is 4.79 Å². The van der Waals surface area contributed by atoms with Crippen molar-refractivity contribution in [1.29, 1.82) is 0 Å². The van der Waals surface area contributed by atoms with Crippen LogP contribution in [0.1, 0.15) is 21.6 Å². The van der Waals surface area contributed by atoms with Crippen molar-refractivity contribution < 1.29 is 18.0 Å². The van der Waals surface area contributed by atoms with Crippen LogP contribution in [0.4, 0.5) is 30.4 Å². The maximum absolute atomic E-state index is 13.0. The van der Waals surface area contributed by atoms with Crippen LogP contribution in [0, 0.1) is 6.92 Å². The molecule has 2 aromatic carbocycles. The number of halogens is 3. The fraction of sp³-hybridized carbons (Fsp3) is 0.105. The number of aryl methyl sites for hydroxylation is 1. The Morgan fingerprint density at radius 3 is 2.22 bits per heavy atom. The number of nitrogens with one attached hydrogen (secondary N) is 2. The normalized spacial score (nSPS) is 11.1. The number of alkyl halides is 3. The van der Waals surface area contributed by atoms with Gasteiger partial charge in [-0.05, 0) is 30.7 Å². The highest BCUT2D eigenvalue weighted by Gasteiger charge is 2.33. The molecule has 0 saturated carbocycles. The van der Waals surface area contributed by atoms with Crippen LogP contribution in [0.3, 0.4) is 0 Å². The van der Waals surface area contributed by atoms with Crippen LogP contribution < -0.4 is 10.6 Å². The molecular weight excluding hydrogens is 357 g/mol. The maximum Gasteiger partial charge on any atom is 0.418 e. The summed E-state index contributed by atoms with van der Waals surface area (Å²) in [5, 5.41) is 5.29. The van der Waals surface area contributed by atoms with Crippen LogP contribution in [0.5, 0.6) is 0 Å². The Bertz CT molecular complexity index is 956. The van der Waals surface area contributed by atoms with Gasteiger partial charge in [-0.15, -0.1) is 0 Å². The first-order valence-corrected chi connectivity index (χ1v) is 7.97. The van der Waals surface area contributed by atoms with E-state index >= 15 is 0 Å². The Morgan fingerprint density at radius 1 is 0.926 bits per heavy atom. The number of carbonyl (C=O) groups is 1. The molecule has 0 unspecified atom stereocenters. The molecule has 3 rings (SSSR count). The van der Waals surface area contributed by atoms with Gasteiger partial charge in [-0.2, -0.15) is 13.2 Å². The second-order valence-electron chi connectivity index (χ2n) is 5.72. The van der Waals surface area contributed by atoms with E-state index in [1.807, 2.05) is 19.1 Å². The summed E-state index contributed by atoms with van der Waals surface area (Å²) in [6.07, 6.45) is -2.09. The highest BCUT2D eigenvalue weighted by atomic mass is 19.4. The molecule has 0 atom stereocenters. The number of anilines is 3. The molecule has 8 heteroatoms. The standard InChI is InChI=1S/C19H15F3N4O/c1-12-6-2-4-8-14(12)26-18(27)16-10-24-17(11-23-16)25-15-9-5-3-7-13(15)19(20,21)22/h2-11H,1H3,(H,24,25)(H,26,27). The molecule has 0 aliphatic rings. The molecule has 0 fully saturated rings. The number of rotatable bonds is 4. The van der Waals surface area contributed by atoms with E-state index in [1.54, 1.807) is 12.1 Å². The zero-order chi connectivity index (χ0) is 19.4. The second-order valence-corrected chi connectivity index (χ2v) is 5.72. The van der Waals surface area contributed by atoms with Crippen molar-refractivity contribution in [3.8, 4) is 0 Å². The number of nitrogens with zero attached hydrogens (tertiary/aromatic N) is 2. The van der Waals surface area contributed by atoms with Gasteiger partial charge in [0.25, 0.3) is 5.91 Å². The minimum atomic E-state index is -4.50. The lowest BCUT2D eigenvalue weighted by atomic mass is 10.1. The molecule has 5 nitrogen and oxygen atoms in total. The Hall–Kier alpha value is -3.42. The highest BCUT2D eigenvalue weighted by Crippen LogP contribution is 2.35. The summed E-state index contributed by atoms with van der Waals surface area (Å²) < 4.78 is 39.1. The van der Waals surface area contributed by atoms with Gasteiger partial charge in [-0.25, -0.2) is 9.97 Å². The predicted molar refractivity (Wildman–Crippen MR) is 95.9 cm³/mol. The lowest BCUT2D eigenvalue weighted by Gasteiger charge is -2.13. The van der Waals surface area contributed by atoms with Crippen molar-refractivity contribution in [2.45, 2.75) is 13.1 Å². The van der Waals surface area contributed by atoms with Crippen LogP contribution in [0.2, 0.25) is 0 Å². The number of hydrogen-bond donors (Lipinski definition) is 2. The van der Waals surface area contributed by atoms with Gasteiger partial charge in [0.2, 0.25) is 0 Å². The molecule has 3 aromatic rings. The number of benzene rings is 2. The smallest absolute Gasteiger partial charge is 0.338 e. The molecule has 1 aromatic heterocycles. The van der Waals surface area contributed by atoms with Crippen molar-refractivity contribution in [2.24, 2.45) is 0 Å². The van der Waals surface area contributed by atoms with Gasteiger partial charge >= 0.3 is 6.18 Å². The fourth-order valence-electron chi connectivity index (χ4n) is 2.39. The van der Waals surface area contributed by atoms with E-state index in [1.165, 1.54) is 30.6 Å². The minimum absolute atomic E-state index is 0.0490. The molecule has 0 aliphatic heterocycles. The van der Waals surface area contributed by atoms with E-state index in [0.29, 0.717) is 5.69 Å². The topological polar surface area (TPSA) is 66.9 Å². The third kappa shape index (κ3) is 4.41. The lowest BCUT2D eigenvalue weighted by molar-refractivity contribution is -0.136. The first-order valence-electron chi connectivity index (χ1n) is 7.97. The quantitative estimate of drug-likeness (QED) is 0.690. The molecule has 0 spiro atoms. The van der Waals surface area contributed by atoms with Crippen LogP contribution in [0.15, 0.2) is 60.9 Å². The van der Waals surface area contributed by atoms with Crippen molar-refractivity contribution in [1.82, 2.24) is 9.97 Å². The number of amides is 1. The van der Waals surface area contributed by atoms with Crippen LogP contribution in [-0.2, 0) is 6.18 Å². The molecule has 0 radical (unpaired) electrons. The Balaban J connectivity index is 1.75. The van der Waals surface area contributed by atoms with Crippen molar-refractivity contribution >= 4 is 23.1 Å². The summed E-state index contributed by atoms with van der Waals surface area (Å²) >= 11 is 0. The van der Waals surface area contributed by atoms with Crippen molar-refractivity contribution in [3.05, 3.63) is 77.7 Å². The molecular formula is C19H15F3N4O. The molecule has 0 bridgehead atoms. The molecule has 27 heavy (non-hydrogen) atoms. The lowest BCUT2D eigenvalue weighted by Crippen LogP contribution is -2.15. The van der Waals surface area contributed by atoms with Crippen molar-refractivity contribution in [2.75, 3.05) is 10.6 Å². The van der Waals surface area contributed by atoms with Gasteiger partial charge in [0, 0.05) is 5.69 Å². The van der Waals surface area contributed by atoms with Gasteiger partial charge in [-0.1, -0.05) is 30.3 Å². The number of hydrogen-bond acceptors (Lipinski definition) is 4. The molecule has 0 saturated heterocycles. The van der Waals surface area contributed by atoms with E-state index < -0.39 is 17.6 Å². The second kappa shape index (κ2) is 7.45. The third-order valence-corrected chi connectivity index (χ3v) is 3.77. The van der Waals surface area contributed by atoms with Crippen LogP contribution in [0.25, 0.3) is 0 Å². The largest absolute Gasteiger partial charge is 0.418 e. The van der Waals surface area contributed by atoms with Gasteiger partial charge in [0.05, 0.1) is 23.6 Å². The summed E-state index contributed by atoms with van der Waals surface area (Å²) in [6, 6.07) is 12.3. The predicted octanol–water partition coefficient (Wildman–Crippen LogP) is 4.80. The monoisotopic (exact) mass is 372 g/mol. The SMILES string of the molecule is Cc1ccccc1NC(=O)c1cnc(Nc2ccccc2C(F)(F)F)cn1. The van der Waals surface area contributed by atoms with E-state index in [2.05, 4.69) is 20.6 Å². The van der Waals surface area contributed by atoms with E-state index in [4.69, 9.17) is 0 Å². The summed E-state index contributed by atoms with van der Waals surface area (Å²) in [6.45, 7) is 1.85. The molecule has 0 aliphatic carbocycles. The number of aromatic nitrogens is 2. The van der Waals surface area contributed by atoms with Crippen LogP contribution >= 0.6 is 0 Å². The summed E-state index contributed by atoms with van der Waals surface area (Å²) in [5.74, 6) is -0.363. The highest BCUT2D eigenvalue weighted by molar-refractivity contribution is 6.03. The van der Waals surface area contributed by atoms with E-state index in [0.717, 1.165) is 11.6 Å². The third-order valence-electron chi connectivity index (χ3n) is 3.77.